The normalized spacial score (nSPS) is 23.5. The lowest BCUT2D eigenvalue weighted by Crippen LogP contribution is -2.34. The third-order valence-electron chi connectivity index (χ3n) is 4.83. The summed E-state index contributed by atoms with van der Waals surface area (Å²) in [5.74, 6) is -0.0402. The van der Waals surface area contributed by atoms with Crippen molar-refractivity contribution < 1.29 is 19.2 Å². The van der Waals surface area contributed by atoms with E-state index >= 15 is 0 Å². The van der Waals surface area contributed by atoms with Crippen LogP contribution < -0.4 is 4.90 Å². The number of hydrogen-bond acceptors (Lipinski definition) is 6. The first-order valence-electron chi connectivity index (χ1n) is 8.86. The van der Waals surface area contributed by atoms with Crippen molar-refractivity contribution in [3.05, 3.63) is 33.9 Å². The van der Waals surface area contributed by atoms with Gasteiger partial charge in [-0.25, -0.2) is 4.79 Å². The van der Waals surface area contributed by atoms with Gasteiger partial charge < -0.3 is 14.4 Å². The maximum absolute atomic E-state index is 12.2. The zero-order valence-corrected chi connectivity index (χ0v) is 14.5. The quantitative estimate of drug-likeness (QED) is 0.462. The number of esters is 1. The Balaban J connectivity index is 1.73. The molecule has 2 fully saturated rings. The van der Waals surface area contributed by atoms with E-state index in [1.54, 1.807) is 12.1 Å². The first kappa shape index (κ1) is 17.7. The van der Waals surface area contributed by atoms with E-state index in [1.807, 2.05) is 4.90 Å². The maximum Gasteiger partial charge on any atom is 0.338 e. The average Bonchev–Trinajstić information content (AvgIpc) is 3.12. The molecule has 1 aromatic rings. The van der Waals surface area contributed by atoms with Gasteiger partial charge in [-0.1, -0.05) is 6.92 Å². The molecule has 7 nitrogen and oxygen atoms in total. The van der Waals surface area contributed by atoms with Crippen LogP contribution in [0.3, 0.4) is 0 Å². The van der Waals surface area contributed by atoms with E-state index in [2.05, 4.69) is 6.92 Å². The predicted molar refractivity (Wildman–Crippen MR) is 93.0 cm³/mol. The van der Waals surface area contributed by atoms with Crippen LogP contribution >= 0.6 is 0 Å². The van der Waals surface area contributed by atoms with E-state index in [0.29, 0.717) is 18.2 Å². The molecule has 0 bridgehead atoms. The van der Waals surface area contributed by atoms with Crippen molar-refractivity contribution in [3.63, 3.8) is 0 Å². The SMILES string of the molecule is CC1CCCN(c2ccc(C(=O)OCC3CCCO3)cc2[N+](=O)[O-])C1. The van der Waals surface area contributed by atoms with Gasteiger partial charge >= 0.3 is 5.97 Å². The monoisotopic (exact) mass is 348 g/mol. The van der Waals surface area contributed by atoms with Crippen molar-refractivity contribution in [2.75, 3.05) is 31.2 Å². The molecule has 136 valence electrons. The molecule has 25 heavy (non-hydrogen) atoms. The van der Waals surface area contributed by atoms with Crippen LogP contribution in [0.2, 0.25) is 0 Å². The van der Waals surface area contributed by atoms with Gasteiger partial charge in [0.2, 0.25) is 0 Å². The van der Waals surface area contributed by atoms with E-state index in [1.165, 1.54) is 6.07 Å². The summed E-state index contributed by atoms with van der Waals surface area (Å²) in [6, 6.07) is 4.60. The van der Waals surface area contributed by atoms with Gasteiger partial charge in [-0.2, -0.15) is 0 Å². The molecule has 0 amide bonds. The predicted octanol–water partition coefficient (Wildman–Crippen LogP) is 3.17. The lowest BCUT2D eigenvalue weighted by Gasteiger charge is -2.32. The molecular weight excluding hydrogens is 324 g/mol. The number of ether oxygens (including phenoxy) is 2. The molecule has 0 saturated carbocycles. The molecule has 7 heteroatoms. The van der Waals surface area contributed by atoms with E-state index in [-0.39, 0.29) is 24.0 Å². The molecule has 2 atom stereocenters. The standard InChI is InChI=1S/C18H24N2O5/c1-13-4-2-8-19(11-13)16-7-6-14(10-17(16)20(22)23)18(21)25-12-15-5-3-9-24-15/h6-7,10,13,15H,2-5,8-9,11-12H2,1H3. The highest BCUT2D eigenvalue weighted by Crippen LogP contribution is 2.32. The summed E-state index contributed by atoms with van der Waals surface area (Å²) in [7, 11) is 0. The molecule has 2 saturated heterocycles. The Bertz CT molecular complexity index is 642. The Labute approximate surface area is 147 Å². The zero-order valence-electron chi connectivity index (χ0n) is 14.5. The Morgan fingerprint density at radius 3 is 2.92 bits per heavy atom. The molecule has 2 unspecified atom stereocenters. The van der Waals surface area contributed by atoms with Crippen LogP contribution in [-0.4, -0.2) is 43.3 Å². The maximum atomic E-state index is 12.2. The van der Waals surface area contributed by atoms with Crippen LogP contribution in [0.5, 0.6) is 0 Å². The summed E-state index contributed by atoms with van der Waals surface area (Å²) < 4.78 is 10.7. The summed E-state index contributed by atoms with van der Waals surface area (Å²) in [5, 5.41) is 11.5. The molecule has 2 heterocycles. The lowest BCUT2D eigenvalue weighted by atomic mass is 9.99. The molecule has 0 aromatic heterocycles. The number of carbonyl (C=O) groups excluding carboxylic acids is 1. The average molecular weight is 348 g/mol. The van der Waals surface area contributed by atoms with Gasteiger partial charge in [0.1, 0.15) is 12.3 Å². The van der Waals surface area contributed by atoms with Crippen molar-refractivity contribution in [2.24, 2.45) is 5.92 Å². The molecule has 0 aliphatic carbocycles. The van der Waals surface area contributed by atoms with Crippen molar-refractivity contribution in [1.29, 1.82) is 0 Å². The number of rotatable bonds is 5. The molecule has 2 aliphatic rings. The Morgan fingerprint density at radius 1 is 1.40 bits per heavy atom. The highest BCUT2D eigenvalue weighted by molar-refractivity contribution is 5.91. The van der Waals surface area contributed by atoms with Gasteiger partial charge in [-0.3, -0.25) is 10.1 Å². The van der Waals surface area contributed by atoms with E-state index in [4.69, 9.17) is 9.47 Å². The first-order chi connectivity index (χ1) is 12.0. The summed E-state index contributed by atoms with van der Waals surface area (Å²) in [5.41, 5.74) is 0.742. The number of anilines is 1. The van der Waals surface area contributed by atoms with Gasteiger partial charge in [0.25, 0.3) is 5.69 Å². The van der Waals surface area contributed by atoms with Crippen LogP contribution in [0.4, 0.5) is 11.4 Å². The number of nitrogens with zero attached hydrogens (tertiary/aromatic N) is 2. The van der Waals surface area contributed by atoms with Gasteiger partial charge in [0.05, 0.1) is 16.6 Å². The minimum absolute atomic E-state index is 0.0410. The van der Waals surface area contributed by atoms with Crippen LogP contribution in [0.15, 0.2) is 18.2 Å². The molecule has 0 radical (unpaired) electrons. The van der Waals surface area contributed by atoms with Gasteiger partial charge in [0, 0.05) is 25.8 Å². The summed E-state index contributed by atoms with van der Waals surface area (Å²) in [4.78, 5) is 25.3. The Morgan fingerprint density at radius 2 is 2.24 bits per heavy atom. The van der Waals surface area contributed by atoms with E-state index in [9.17, 15) is 14.9 Å². The second-order valence-corrected chi connectivity index (χ2v) is 6.89. The van der Waals surface area contributed by atoms with Crippen LogP contribution in [0.25, 0.3) is 0 Å². The molecule has 0 N–H and O–H groups in total. The number of hydrogen-bond donors (Lipinski definition) is 0. The molecule has 3 rings (SSSR count). The highest BCUT2D eigenvalue weighted by Gasteiger charge is 2.26. The van der Waals surface area contributed by atoms with Crippen LogP contribution in [0.1, 0.15) is 43.0 Å². The van der Waals surface area contributed by atoms with Crippen molar-refractivity contribution in [2.45, 2.75) is 38.7 Å². The van der Waals surface area contributed by atoms with E-state index < -0.39 is 10.9 Å². The molecular formula is C18H24N2O5. The second-order valence-electron chi connectivity index (χ2n) is 6.89. The zero-order chi connectivity index (χ0) is 17.8. The summed E-state index contributed by atoms with van der Waals surface area (Å²) in [6.45, 7) is 4.63. The summed E-state index contributed by atoms with van der Waals surface area (Å²) >= 11 is 0. The molecule has 2 aliphatic heterocycles. The number of benzene rings is 1. The van der Waals surface area contributed by atoms with Crippen molar-refractivity contribution in [3.8, 4) is 0 Å². The fraction of sp³-hybridized carbons (Fsp3) is 0.611. The highest BCUT2D eigenvalue weighted by atomic mass is 16.6. The lowest BCUT2D eigenvalue weighted by molar-refractivity contribution is -0.384. The fourth-order valence-corrected chi connectivity index (χ4v) is 3.50. The van der Waals surface area contributed by atoms with Crippen LogP contribution in [0, 0.1) is 16.0 Å². The number of piperidine rings is 1. The number of nitro benzene ring substituents is 1. The molecule has 0 spiro atoms. The third kappa shape index (κ3) is 4.28. The third-order valence-corrected chi connectivity index (χ3v) is 4.83. The number of carbonyl (C=O) groups is 1. The fourth-order valence-electron chi connectivity index (χ4n) is 3.50. The minimum Gasteiger partial charge on any atom is -0.459 e. The van der Waals surface area contributed by atoms with E-state index in [0.717, 1.165) is 38.8 Å². The topological polar surface area (TPSA) is 81.9 Å². The Hall–Kier alpha value is -2.15. The van der Waals surface area contributed by atoms with Gasteiger partial charge in [0.15, 0.2) is 0 Å². The first-order valence-corrected chi connectivity index (χ1v) is 8.86. The van der Waals surface area contributed by atoms with Crippen LogP contribution in [-0.2, 0) is 9.47 Å². The van der Waals surface area contributed by atoms with Gasteiger partial charge in [-0.15, -0.1) is 0 Å². The largest absolute Gasteiger partial charge is 0.459 e. The van der Waals surface area contributed by atoms with Gasteiger partial charge in [-0.05, 0) is 43.7 Å². The summed E-state index contributed by atoms with van der Waals surface area (Å²) in [6.07, 6.45) is 3.94. The van der Waals surface area contributed by atoms with Crippen molar-refractivity contribution in [1.82, 2.24) is 0 Å². The Kier molecular flexibility index (Phi) is 5.53. The molecule has 1 aromatic carbocycles. The number of nitro groups is 1. The second kappa shape index (κ2) is 7.82. The minimum atomic E-state index is -0.544. The van der Waals surface area contributed by atoms with Crippen molar-refractivity contribution >= 4 is 17.3 Å². The smallest absolute Gasteiger partial charge is 0.338 e.